The molecule has 6 nitrogen and oxygen atoms in total. The summed E-state index contributed by atoms with van der Waals surface area (Å²) >= 11 is 0. The number of carbonyl (C=O) groups excluding carboxylic acids is 1. The van der Waals surface area contributed by atoms with Crippen molar-refractivity contribution >= 4 is 5.91 Å². The largest absolute Gasteiger partial charge is 0.453 e. The zero-order chi connectivity index (χ0) is 20.9. The predicted octanol–water partition coefficient (Wildman–Crippen LogP) is 4.37. The molecule has 9 heteroatoms. The second kappa shape index (κ2) is 6.79. The van der Waals surface area contributed by atoms with E-state index in [-0.39, 0.29) is 17.6 Å². The third kappa shape index (κ3) is 3.67. The number of hydrogen-bond acceptors (Lipinski definition) is 4. The number of rotatable bonds is 6. The van der Waals surface area contributed by atoms with Crippen LogP contribution in [-0.4, -0.2) is 15.7 Å². The van der Waals surface area contributed by atoms with Crippen molar-refractivity contribution in [3.05, 3.63) is 40.7 Å². The van der Waals surface area contributed by atoms with Crippen LogP contribution < -0.4 is 10.5 Å². The first-order valence-electron chi connectivity index (χ1n) is 9.41. The van der Waals surface area contributed by atoms with Crippen LogP contribution in [0.3, 0.4) is 0 Å². The zero-order valence-corrected chi connectivity index (χ0v) is 15.7. The Bertz CT molecular complexity index is 1010. The van der Waals surface area contributed by atoms with E-state index in [1.165, 1.54) is 6.07 Å². The third-order valence-corrected chi connectivity index (χ3v) is 5.27. The minimum Gasteiger partial charge on any atom is -0.453 e. The average Bonchev–Trinajstić information content (AvgIpc) is 3.58. The molecule has 152 valence electrons. The molecule has 2 fully saturated rings. The first kappa shape index (κ1) is 19.3. The summed E-state index contributed by atoms with van der Waals surface area (Å²) in [5.41, 5.74) is 5.31. The first-order valence-corrected chi connectivity index (χ1v) is 9.41. The predicted molar refractivity (Wildman–Crippen MR) is 96.3 cm³/mol. The minimum absolute atomic E-state index is 0.0218. The Morgan fingerprint density at radius 1 is 1.31 bits per heavy atom. The number of nitrogens with two attached hydrogens (primary N) is 1. The summed E-state index contributed by atoms with van der Waals surface area (Å²) in [5.74, 6) is 0.143. The van der Waals surface area contributed by atoms with E-state index in [2.05, 4.69) is 5.10 Å². The quantitative estimate of drug-likeness (QED) is 0.774. The van der Waals surface area contributed by atoms with Crippen molar-refractivity contribution in [1.82, 2.24) is 9.78 Å². The Morgan fingerprint density at radius 3 is 2.48 bits per heavy atom. The molecule has 2 aliphatic rings. The van der Waals surface area contributed by atoms with Gasteiger partial charge in [0.05, 0.1) is 22.9 Å². The van der Waals surface area contributed by atoms with Crippen LogP contribution in [0.4, 0.5) is 13.2 Å². The maximum Gasteiger partial charge on any atom is 0.417 e. The molecular formula is C20H19F3N4O2. The van der Waals surface area contributed by atoms with Crippen LogP contribution in [0, 0.1) is 11.3 Å². The molecule has 2 aromatic rings. The number of ether oxygens (including phenoxy) is 1. The van der Waals surface area contributed by atoms with E-state index < -0.39 is 29.3 Å². The van der Waals surface area contributed by atoms with Crippen LogP contribution in [0.2, 0.25) is 0 Å². The highest BCUT2D eigenvalue weighted by molar-refractivity contribution is 5.78. The van der Waals surface area contributed by atoms with Crippen molar-refractivity contribution in [2.75, 3.05) is 0 Å². The van der Waals surface area contributed by atoms with Gasteiger partial charge in [-0.25, -0.2) is 0 Å². The molecule has 4 rings (SSSR count). The lowest BCUT2D eigenvalue weighted by molar-refractivity contribution is -0.137. The molecule has 1 unspecified atom stereocenters. The van der Waals surface area contributed by atoms with Crippen molar-refractivity contribution in [3.8, 4) is 17.6 Å². The second-order valence-corrected chi connectivity index (χ2v) is 7.59. The highest BCUT2D eigenvalue weighted by atomic mass is 19.4. The van der Waals surface area contributed by atoms with Gasteiger partial charge in [0.2, 0.25) is 5.91 Å². The first-order chi connectivity index (χ1) is 13.7. The van der Waals surface area contributed by atoms with Crippen LogP contribution in [0.25, 0.3) is 0 Å². The van der Waals surface area contributed by atoms with Crippen molar-refractivity contribution in [3.63, 3.8) is 0 Å². The topological polar surface area (TPSA) is 93.9 Å². The van der Waals surface area contributed by atoms with E-state index in [4.69, 9.17) is 15.7 Å². The summed E-state index contributed by atoms with van der Waals surface area (Å²) in [6, 6.07) is 4.15. The van der Waals surface area contributed by atoms with Gasteiger partial charge in [-0.05, 0) is 50.8 Å². The summed E-state index contributed by atoms with van der Waals surface area (Å²) in [4.78, 5) is 11.7. The molecule has 29 heavy (non-hydrogen) atoms. The molecule has 1 heterocycles. The summed E-state index contributed by atoms with van der Waals surface area (Å²) in [6.07, 6.45) is -1.08. The lowest BCUT2D eigenvalue weighted by Gasteiger charge is -2.15. The van der Waals surface area contributed by atoms with E-state index in [9.17, 15) is 18.0 Å². The van der Waals surface area contributed by atoms with Gasteiger partial charge in [-0.15, -0.1) is 0 Å². The Hall–Kier alpha value is -3.02. The molecule has 0 spiro atoms. The van der Waals surface area contributed by atoms with Gasteiger partial charge in [-0.2, -0.15) is 23.5 Å². The highest BCUT2D eigenvalue weighted by Gasteiger charge is 2.40. The van der Waals surface area contributed by atoms with Gasteiger partial charge < -0.3 is 10.5 Å². The van der Waals surface area contributed by atoms with Gasteiger partial charge in [-0.1, -0.05) is 0 Å². The number of nitrogens with zero attached hydrogens (tertiary/aromatic N) is 3. The second-order valence-electron chi connectivity index (χ2n) is 7.59. The average molecular weight is 404 g/mol. The fourth-order valence-corrected chi connectivity index (χ4v) is 3.36. The Labute approximate surface area is 165 Å². The number of amides is 1. The molecule has 0 saturated heterocycles. The van der Waals surface area contributed by atoms with E-state index in [0.717, 1.165) is 37.8 Å². The van der Waals surface area contributed by atoms with Gasteiger partial charge >= 0.3 is 6.18 Å². The lowest BCUT2D eigenvalue weighted by Crippen LogP contribution is -2.26. The SMILES string of the molecule is CC(C(N)=O)n1nc(C2CC2)c(Oc2ccc(C#N)c(C(F)(F)F)c2)c1C1CC1. The number of benzene rings is 1. The number of hydrogen-bond donors (Lipinski definition) is 1. The molecule has 2 N–H and O–H groups in total. The van der Waals surface area contributed by atoms with Crippen molar-refractivity contribution in [2.45, 2.75) is 56.7 Å². The number of aromatic nitrogens is 2. The van der Waals surface area contributed by atoms with Crippen LogP contribution in [0.1, 0.15) is 73.0 Å². The summed E-state index contributed by atoms with van der Waals surface area (Å²) in [6.45, 7) is 1.64. The van der Waals surface area contributed by atoms with Gasteiger partial charge in [0.15, 0.2) is 5.75 Å². The summed E-state index contributed by atoms with van der Waals surface area (Å²) < 4.78 is 47.5. The Morgan fingerprint density at radius 2 is 1.97 bits per heavy atom. The standard InChI is InChI=1S/C20H19F3N4O2/c1-10(19(25)28)27-17(12-4-5-12)18(16(26-27)11-2-3-11)29-14-7-6-13(9-24)15(8-14)20(21,22)23/h6-8,10-12H,2-5H2,1H3,(H2,25,28). The van der Waals surface area contributed by atoms with Crippen LogP contribution >= 0.6 is 0 Å². The summed E-state index contributed by atoms with van der Waals surface area (Å²) in [7, 11) is 0. The van der Waals surface area contributed by atoms with Crippen molar-refractivity contribution < 1.29 is 22.7 Å². The van der Waals surface area contributed by atoms with Crippen LogP contribution in [0.15, 0.2) is 18.2 Å². The fourth-order valence-electron chi connectivity index (χ4n) is 3.36. The highest BCUT2D eigenvalue weighted by Crippen LogP contribution is 2.52. The van der Waals surface area contributed by atoms with Gasteiger partial charge in [0, 0.05) is 11.8 Å². The Balaban J connectivity index is 1.80. The molecule has 0 bridgehead atoms. The van der Waals surface area contributed by atoms with E-state index in [1.54, 1.807) is 17.7 Å². The Kier molecular flexibility index (Phi) is 4.52. The fraction of sp³-hybridized carbons (Fsp3) is 0.450. The molecule has 1 amide bonds. The smallest absolute Gasteiger partial charge is 0.417 e. The number of carbonyl (C=O) groups is 1. The molecule has 0 aliphatic heterocycles. The van der Waals surface area contributed by atoms with E-state index >= 15 is 0 Å². The third-order valence-electron chi connectivity index (χ3n) is 5.27. The molecular weight excluding hydrogens is 385 g/mol. The molecule has 1 aromatic carbocycles. The van der Waals surface area contributed by atoms with E-state index in [0.29, 0.717) is 17.1 Å². The monoisotopic (exact) mass is 404 g/mol. The maximum atomic E-state index is 13.3. The summed E-state index contributed by atoms with van der Waals surface area (Å²) in [5, 5.41) is 13.6. The maximum absolute atomic E-state index is 13.3. The molecule has 0 radical (unpaired) electrons. The molecule has 2 saturated carbocycles. The zero-order valence-electron chi connectivity index (χ0n) is 15.7. The molecule has 1 atom stereocenters. The van der Waals surface area contributed by atoms with Gasteiger partial charge in [-0.3, -0.25) is 9.48 Å². The van der Waals surface area contributed by atoms with Crippen molar-refractivity contribution in [1.29, 1.82) is 5.26 Å². The van der Waals surface area contributed by atoms with Crippen LogP contribution in [0.5, 0.6) is 11.5 Å². The minimum atomic E-state index is -4.67. The van der Waals surface area contributed by atoms with Crippen molar-refractivity contribution in [2.24, 2.45) is 5.73 Å². The molecule has 1 aromatic heterocycles. The van der Waals surface area contributed by atoms with Crippen LogP contribution in [-0.2, 0) is 11.0 Å². The number of alkyl halides is 3. The normalized spacial score (nSPS) is 17.6. The van der Waals surface area contributed by atoms with Gasteiger partial charge in [0.1, 0.15) is 17.5 Å². The number of nitriles is 1. The van der Waals surface area contributed by atoms with Gasteiger partial charge in [0.25, 0.3) is 0 Å². The number of primary amides is 1. The number of halogens is 3. The lowest BCUT2D eigenvalue weighted by atomic mass is 10.1. The van der Waals surface area contributed by atoms with E-state index in [1.807, 2.05) is 0 Å². The molecule has 2 aliphatic carbocycles.